The summed E-state index contributed by atoms with van der Waals surface area (Å²) in [6.07, 6.45) is 3.31. The van der Waals surface area contributed by atoms with Gasteiger partial charge in [0.1, 0.15) is 6.54 Å². The molecule has 0 aliphatic carbocycles. The van der Waals surface area contributed by atoms with Crippen LogP contribution in [0.1, 0.15) is 12.6 Å². The monoisotopic (exact) mass is 209 g/mol. The van der Waals surface area contributed by atoms with Crippen molar-refractivity contribution >= 4 is 5.91 Å². The molecule has 1 aromatic heterocycles. The Kier molecular flexibility index (Phi) is 3.99. The van der Waals surface area contributed by atoms with Crippen LogP contribution < -0.4 is 11.1 Å². The largest absolute Gasteiger partial charge is 0.349 e. The summed E-state index contributed by atoms with van der Waals surface area (Å²) in [5, 5.41) is 10.3. The van der Waals surface area contributed by atoms with Gasteiger partial charge in [0.2, 0.25) is 5.91 Å². The number of carbonyl (C=O) groups is 1. The number of aromatic nitrogens is 3. The molecule has 82 valence electrons. The highest BCUT2D eigenvalue weighted by molar-refractivity contribution is 5.76. The number of carbonyl (C=O) groups excluding carboxylic acids is 1. The molecular formula is C9H15N5O. The van der Waals surface area contributed by atoms with Gasteiger partial charge in [-0.25, -0.2) is 4.68 Å². The van der Waals surface area contributed by atoms with E-state index in [0.717, 1.165) is 0 Å². The van der Waals surface area contributed by atoms with Crippen molar-refractivity contribution in [2.45, 2.75) is 26.1 Å². The van der Waals surface area contributed by atoms with Crippen LogP contribution in [-0.2, 0) is 17.9 Å². The number of amides is 1. The Morgan fingerprint density at radius 3 is 3.13 bits per heavy atom. The minimum atomic E-state index is -0.129. The third kappa shape index (κ3) is 3.51. The zero-order chi connectivity index (χ0) is 11.3. The SMILES string of the molecule is C=CC(C)NC(=O)Cn1cc(CN)nn1. The first-order valence-corrected chi connectivity index (χ1v) is 4.66. The van der Waals surface area contributed by atoms with Crippen molar-refractivity contribution in [3.05, 3.63) is 24.5 Å². The Balaban J connectivity index is 2.47. The second kappa shape index (κ2) is 5.26. The fourth-order valence-electron chi connectivity index (χ4n) is 1.01. The van der Waals surface area contributed by atoms with Crippen LogP contribution >= 0.6 is 0 Å². The Hall–Kier alpha value is -1.69. The van der Waals surface area contributed by atoms with Crippen LogP contribution in [0.5, 0.6) is 0 Å². The predicted octanol–water partition coefficient (Wildman–Crippen LogP) is -0.572. The van der Waals surface area contributed by atoms with Crippen LogP contribution in [-0.4, -0.2) is 26.9 Å². The van der Waals surface area contributed by atoms with E-state index in [1.54, 1.807) is 12.3 Å². The maximum Gasteiger partial charge on any atom is 0.242 e. The van der Waals surface area contributed by atoms with Crippen LogP contribution in [0.25, 0.3) is 0 Å². The van der Waals surface area contributed by atoms with E-state index >= 15 is 0 Å². The lowest BCUT2D eigenvalue weighted by atomic mass is 10.3. The number of rotatable bonds is 5. The number of hydrogen-bond donors (Lipinski definition) is 2. The Bertz CT molecular complexity index is 346. The molecule has 15 heavy (non-hydrogen) atoms. The quantitative estimate of drug-likeness (QED) is 0.636. The van der Waals surface area contributed by atoms with Crippen LogP contribution in [0.2, 0.25) is 0 Å². The highest BCUT2D eigenvalue weighted by atomic mass is 16.2. The van der Waals surface area contributed by atoms with Gasteiger partial charge in [-0.05, 0) is 6.92 Å². The molecule has 0 saturated heterocycles. The molecule has 6 heteroatoms. The van der Waals surface area contributed by atoms with E-state index in [-0.39, 0.29) is 18.5 Å². The number of nitrogens with one attached hydrogen (secondary N) is 1. The second-order valence-electron chi connectivity index (χ2n) is 3.20. The smallest absolute Gasteiger partial charge is 0.242 e. The number of hydrogen-bond acceptors (Lipinski definition) is 4. The van der Waals surface area contributed by atoms with Gasteiger partial charge in [-0.3, -0.25) is 4.79 Å². The van der Waals surface area contributed by atoms with Gasteiger partial charge in [-0.2, -0.15) is 0 Å². The molecule has 1 atom stereocenters. The summed E-state index contributed by atoms with van der Waals surface area (Å²) >= 11 is 0. The highest BCUT2D eigenvalue weighted by Crippen LogP contribution is 1.91. The van der Waals surface area contributed by atoms with Crippen molar-refractivity contribution in [3.8, 4) is 0 Å². The molecule has 1 amide bonds. The summed E-state index contributed by atoms with van der Waals surface area (Å²) in [7, 11) is 0. The lowest BCUT2D eigenvalue weighted by Crippen LogP contribution is -2.33. The molecule has 1 aromatic rings. The summed E-state index contributed by atoms with van der Waals surface area (Å²) in [6.45, 7) is 5.88. The van der Waals surface area contributed by atoms with Crippen LogP contribution in [0.4, 0.5) is 0 Å². The average molecular weight is 209 g/mol. The maximum atomic E-state index is 11.4. The van der Waals surface area contributed by atoms with Gasteiger partial charge in [0.15, 0.2) is 0 Å². The average Bonchev–Trinajstić information content (AvgIpc) is 2.65. The lowest BCUT2D eigenvalue weighted by molar-refractivity contribution is -0.122. The Morgan fingerprint density at radius 2 is 2.60 bits per heavy atom. The van der Waals surface area contributed by atoms with Crippen molar-refractivity contribution in [2.75, 3.05) is 0 Å². The lowest BCUT2D eigenvalue weighted by Gasteiger charge is -2.08. The molecule has 0 spiro atoms. The van der Waals surface area contributed by atoms with E-state index < -0.39 is 0 Å². The molecule has 6 nitrogen and oxygen atoms in total. The fraction of sp³-hybridized carbons (Fsp3) is 0.444. The summed E-state index contributed by atoms with van der Waals surface area (Å²) in [6, 6.07) is -0.0463. The van der Waals surface area contributed by atoms with Crippen LogP contribution in [0.15, 0.2) is 18.9 Å². The van der Waals surface area contributed by atoms with Crippen LogP contribution in [0.3, 0.4) is 0 Å². The number of nitrogens with two attached hydrogens (primary N) is 1. The highest BCUT2D eigenvalue weighted by Gasteiger charge is 2.06. The Labute approximate surface area is 88.1 Å². The summed E-state index contributed by atoms with van der Waals surface area (Å²) in [4.78, 5) is 11.4. The normalized spacial score (nSPS) is 12.1. The zero-order valence-corrected chi connectivity index (χ0v) is 8.68. The predicted molar refractivity (Wildman–Crippen MR) is 55.7 cm³/mol. The first kappa shape index (κ1) is 11.4. The third-order valence-electron chi connectivity index (χ3n) is 1.84. The van der Waals surface area contributed by atoms with E-state index in [1.807, 2.05) is 6.92 Å². The van der Waals surface area contributed by atoms with Gasteiger partial charge >= 0.3 is 0 Å². The maximum absolute atomic E-state index is 11.4. The molecule has 0 fully saturated rings. The van der Waals surface area contributed by atoms with E-state index in [1.165, 1.54) is 4.68 Å². The van der Waals surface area contributed by atoms with E-state index in [9.17, 15) is 4.79 Å². The minimum absolute atomic E-state index is 0.0463. The topological polar surface area (TPSA) is 85.8 Å². The van der Waals surface area contributed by atoms with Gasteiger partial charge in [-0.15, -0.1) is 11.7 Å². The zero-order valence-electron chi connectivity index (χ0n) is 8.68. The molecule has 0 aliphatic heterocycles. The van der Waals surface area contributed by atoms with Crippen molar-refractivity contribution in [3.63, 3.8) is 0 Å². The van der Waals surface area contributed by atoms with Gasteiger partial charge < -0.3 is 11.1 Å². The Morgan fingerprint density at radius 1 is 1.87 bits per heavy atom. The molecule has 1 heterocycles. The summed E-state index contributed by atoms with van der Waals surface area (Å²) in [5.41, 5.74) is 6.03. The molecule has 0 aromatic carbocycles. The van der Waals surface area contributed by atoms with Gasteiger partial charge in [0.05, 0.1) is 11.9 Å². The third-order valence-corrected chi connectivity index (χ3v) is 1.84. The van der Waals surface area contributed by atoms with Crippen molar-refractivity contribution < 1.29 is 4.79 Å². The minimum Gasteiger partial charge on any atom is -0.349 e. The van der Waals surface area contributed by atoms with Gasteiger partial charge in [0, 0.05) is 12.6 Å². The van der Waals surface area contributed by atoms with Crippen molar-refractivity contribution in [1.29, 1.82) is 0 Å². The molecule has 0 bridgehead atoms. The summed E-state index contributed by atoms with van der Waals surface area (Å²) in [5.74, 6) is -0.129. The van der Waals surface area contributed by atoms with Gasteiger partial charge in [-0.1, -0.05) is 11.3 Å². The molecular weight excluding hydrogens is 194 g/mol. The molecule has 1 unspecified atom stereocenters. The summed E-state index contributed by atoms with van der Waals surface area (Å²) < 4.78 is 1.45. The molecule has 0 saturated carbocycles. The van der Waals surface area contributed by atoms with Crippen molar-refractivity contribution in [1.82, 2.24) is 20.3 Å². The second-order valence-corrected chi connectivity index (χ2v) is 3.20. The molecule has 3 N–H and O–H groups in total. The number of nitrogens with zero attached hydrogens (tertiary/aromatic N) is 3. The van der Waals surface area contributed by atoms with E-state index in [0.29, 0.717) is 12.2 Å². The van der Waals surface area contributed by atoms with Gasteiger partial charge in [0.25, 0.3) is 0 Å². The molecule has 1 rings (SSSR count). The molecule has 0 aliphatic rings. The van der Waals surface area contributed by atoms with E-state index in [4.69, 9.17) is 5.73 Å². The van der Waals surface area contributed by atoms with Crippen molar-refractivity contribution in [2.24, 2.45) is 5.73 Å². The standard InChI is InChI=1S/C9H15N5O/c1-3-7(2)11-9(15)6-14-5-8(4-10)12-13-14/h3,5,7H,1,4,6,10H2,2H3,(H,11,15). The van der Waals surface area contributed by atoms with E-state index in [2.05, 4.69) is 22.2 Å². The van der Waals surface area contributed by atoms with Crippen LogP contribution in [0, 0.1) is 0 Å². The first-order valence-electron chi connectivity index (χ1n) is 4.66. The fourth-order valence-corrected chi connectivity index (χ4v) is 1.01. The molecule has 0 radical (unpaired) electrons. The first-order chi connectivity index (χ1) is 7.15.